The van der Waals surface area contributed by atoms with Crippen molar-refractivity contribution in [1.82, 2.24) is 0 Å². The highest BCUT2D eigenvalue weighted by Gasteiger charge is 2.41. The Bertz CT molecular complexity index is 154. The van der Waals surface area contributed by atoms with Gasteiger partial charge in [-0.1, -0.05) is 15.9 Å². The zero-order chi connectivity index (χ0) is 9.30. The molecule has 0 spiro atoms. The molecule has 1 rings (SSSR count). The first-order valence-corrected chi connectivity index (χ1v) is 4.51. The van der Waals surface area contributed by atoms with Gasteiger partial charge in [0.05, 0.1) is 12.6 Å². The predicted molar refractivity (Wildman–Crippen MR) is 44.7 cm³/mol. The van der Waals surface area contributed by atoms with Crippen LogP contribution in [0.2, 0.25) is 0 Å². The minimum Gasteiger partial charge on any atom is -0.394 e. The van der Waals surface area contributed by atoms with Gasteiger partial charge in [-0.05, 0) is 0 Å². The minimum absolute atomic E-state index is 0.340. The van der Waals surface area contributed by atoms with E-state index in [2.05, 4.69) is 15.9 Å². The van der Waals surface area contributed by atoms with E-state index >= 15 is 0 Å². The molecule has 0 aromatic rings. The zero-order valence-electron chi connectivity index (χ0n) is 6.30. The summed E-state index contributed by atoms with van der Waals surface area (Å²) in [6.07, 6.45) is -2.97. The summed E-state index contributed by atoms with van der Waals surface area (Å²) in [5.74, 6) is 0. The SMILES string of the molecule is N[C@H]1[C@@H](O)[C@H](O)[C@@H](CO)O[C@@H]1Br. The molecule has 6 heteroatoms. The quantitative estimate of drug-likeness (QED) is 0.405. The molecule has 0 aliphatic carbocycles. The maximum atomic E-state index is 9.32. The average molecular weight is 242 g/mol. The standard InChI is InChI=1S/C6H12BrNO4/c7-6-3(8)5(11)4(10)2(1-9)12-6/h2-6,9-11H,1,8H2/t2-,3+,4-,5-,6+/m1/s1. The van der Waals surface area contributed by atoms with Crippen LogP contribution < -0.4 is 5.73 Å². The number of nitrogens with two attached hydrogens (primary N) is 1. The van der Waals surface area contributed by atoms with Crippen molar-refractivity contribution in [2.45, 2.75) is 29.4 Å². The molecule has 72 valence electrons. The van der Waals surface area contributed by atoms with Gasteiger partial charge in [0.2, 0.25) is 0 Å². The van der Waals surface area contributed by atoms with E-state index in [0.717, 1.165) is 0 Å². The number of aliphatic hydroxyl groups excluding tert-OH is 3. The molecule has 0 aromatic heterocycles. The molecule has 1 heterocycles. The van der Waals surface area contributed by atoms with Crippen molar-refractivity contribution < 1.29 is 20.1 Å². The van der Waals surface area contributed by atoms with Gasteiger partial charge in [-0.15, -0.1) is 0 Å². The monoisotopic (exact) mass is 241 g/mol. The molecule has 1 aliphatic rings. The number of halogens is 1. The Hall–Kier alpha value is 0.280. The smallest absolute Gasteiger partial charge is 0.130 e. The van der Waals surface area contributed by atoms with Crippen molar-refractivity contribution in [3.8, 4) is 0 Å². The molecule has 1 fully saturated rings. The van der Waals surface area contributed by atoms with Crippen molar-refractivity contribution in [2.75, 3.05) is 6.61 Å². The molecule has 0 bridgehead atoms. The van der Waals surface area contributed by atoms with E-state index < -0.39 is 29.4 Å². The van der Waals surface area contributed by atoms with Gasteiger partial charge in [0, 0.05) is 0 Å². The minimum atomic E-state index is -1.13. The van der Waals surface area contributed by atoms with E-state index in [1.54, 1.807) is 0 Å². The molecular formula is C6H12BrNO4. The Labute approximate surface area is 78.3 Å². The second-order valence-electron chi connectivity index (χ2n) is 2.77. The largest absolute Gasteiger partial charge is 0.394 e. The third-order valence-corrected chi connectivity index (χ3v) is 2.74. The van der Waals surface area contributed by atoms with E-state index in [4.69, 9.17) is 15.6 Å². The maximum Gasteiger partial charge on any atom is 0.130 e. The fourth-order valence-electron chi connectivity index (χ4n) is 1.09. The third-order valence-electron chi connectivity index (χ3n) is 1.91. The molecule has 0 radical (unpaired) electrons. The molecule has 1 aliphatic heterocycles. The normalized spacial score (nSPS) is 49.2. The summed E-state index contributed by atoms with van der Waals surface area (Å²) in [7, 11) is 0. The fourth-order valence-corrected chi connectivity index (χ4v) is 1.68. The average Bonchev–Trinajstić information content (AvgIpc) is 2.08. The highest BCUT2D eigenvalue weighted by Crippen LogP contribution is 2.22. The lowest BCUT2D eigenvalue weighted by Gasteiger charge is -2.38. The van der Waals surface area contributed by atoms with Crippen molar-refractivity contribution in [3.05, 3.63) is 0 Å². The van der Waals surface area contributed by atoms with Gasteiger partial charge in [0.1, 0.15) is 23.3 Å². The summed E-state index contributed by atoms with van der Waals surface area (Å²) in [6, 6.07) is -0.678. The highest BCUT2D eigenvalue weighted by atomic mass is 79.9. The van der Waals surface area contributed by atoms with E-state index in [0.29, 0.717) is 0 Å². The van der Waals surface area contributed by atoms with Gasteiger partial charge in [-0.25, -0.2) is 0 Å². The van der Waals surface area contributed by atoms with Crippen molar-refractivity contribution >= 4 is 15.9 Å². The van der Waals surface area contributed by atoms with Crippen LogP contribution in [0.5, 0.6) is 0 Å². The van der Waals surface area contributed by atoms with Crippen LogP contribution in [0.4, 0.5) is 0 Å². The Morgan fingerprint density at radius 2 is 1.92 bits per heavy atom. The second kappa shape index (κ2) is 3.99. The molecule has 0 saturated carbocycles. The van der Waals surface area contributed by atoms with Crippen LogP contribution in [0, 0.1) is 0 Å². The van der Waals surface area contributed by atoms with Crippen LogP contribution in [-0.2, 0) is 4.74 Å². The number of rotatable bonds is 1. The number of ether oxygens (including phenoxy) is 1. The first kappa shape index (κ1) is 10.4. The Kier molecular flexibility index (Phi) is 3.45. The van der Waals surface area contributed by atoms with Gasteiger partial charge in [0.15, 0.2) is 0 Å². The summed E-state index contributed by atoms with van der Waals surface area (Å²) in [6.45, 7) is -0.340. The maximum absolute atomic E-state index is 9.32. The molecule has 0 amide bonds. The van der Waals surface area contributed by atoms with Crippen LogP contribution in [0.1, 0.15) is 0 Å². The lowest BCUT2D eigenvalue weighted by atomic mass is 9.99. The summed E-state index contributed by atoms with van der Waals surface area (Å²) in [5, 5.41) is 26.8. The van der Waals surface area contributed by atoms with Gasteiger partial charge in [-0.2, -0.15) is 0 Å². The second-order valence-corrected chi connectivity index (χ2v) is 3.67. The van der Waals surface area contributed by atoms with E-state index in [9.17, 15) is 10.2 Å². The summed E-state index contributed by atoms with van der Waals surface area (Å²) in [4.78, 5) is 0. The zero-order valence-corrected chi connectivity index (χ0v) is 7.89. The van der Waals surface area contributed by atoms with Crippen molar-refractivity contribution in [2.24, 2.45) is 5.73 Å². The molecule has 0 aromatic carbocycles. The lowest BCUT2D eigenvalue weighted by Crippen LogP contribution is -2.60. The fraction of sp³-hybridized carbons (Fsp3) is 1.00. The Morgan fingerprint density at radius 3 is 2.42 bits per heavy atom. The lowest BCUT2D eigenvalue weighted by molar-refractivity contribution is -0.164. The van der Waals surface area contributed by atoms with Crippen LogP contribution in [0.15, 0.2) is 0 Å². The van der Waals surface area contributed by atoms with Gasteiger partial charge in [0.25, 0.3) is 0 Å². The van der Waals surface area contributed by atoms with Crippen LogP contribution in [-0.4, -0.2) is 51.3 Å². The first-order valence-electron chi connectivity index (χ1n) is 3.60. The van der Waals surface area contributed by atoms with Gasteiger partial charge in [-0.3, -0.25) is 0 Å². The number of hydrogen-bond donors (Lipinski definition) is 4. The van der Waals surface area contributed by atoms with Crippen LogP contribution >= 0.6 is 15.9 Å². The number of hydrogen-bond acceptors (Lipinski definition) is 5. The molecular weight excluding hydrogens is 230 g/mol. The molecule has 1 saturated heterocycles. The van der Waals surface area contributed by atoms with E-state index in [1.165, 1.54) is 0 Å². The molecule has 5 atom stereocenters. The highest BCUT2D eigenvalue weighted by molar-refractivity contribution is 9.09. The van der Waals surface area contributed by atoms with Gasteiger partial charge < -0.3 is 25.8 Å². The Morgan fingerprint density at radius 1 is 1.33 bits per heavy atom. The van der Waals surface area contributed by atoms with Crippen molar-refractivity contribution in [1.29, 1.82) is 0 Å². The van der Waals surface area contributed by atoms with Crippen LogP contribution in [0.25, 0.3) is 0 Å². The Balaban J connectivity index is 2.63. The summed E-state index contributed by atoms with van der Waals surface area (Å²) < 4.78 is 5.06. The molecule has 5 nitrogen and oxygen atoms in total. The third kappa shape index (κ3) is 1.78. The summed E-state index contributed by atoms with van der Waals surface area (Å²) >= 11 is 3.07. The molecule has 5 N–H and O–H groups in total. The van der Waals surface area contributed by atoms with Crippen molar-refractivity contribution in [3.63, 3.8) is 0 Å². The molecule has 12 heavy (non-hydrogen) atoms. The van der Waals surface area contributed by atoms with Crippen LogP contribution in [0.3, 0.4) is 0 Å². The predicted octanol–water partition coefficient (Wildman–Crippen LogP) is -1.85. The molecule has 0 unspecified atom stereocenters. The summed E-state index contributed by atoms with van der Waals surface area (Å²) in [5.41, 5.74) is 5.47. The van der Waals surface area contributed by atoms with E-state index in [1.807, 2.05) is 0 Å². The topological polar surface area (TPSA) is 95.9 Å². The number of aliphatic hydroxyl groups is 3. The van der Waals surface area contributed by atoms with Gasteiger partial charge >= 0.3 is 0 Å². The first-order chi connectivity index (χ1) is 5.57. The number of alkyl halides is 1. The van der Waals surface area contributed by atoms with E-state index in [-0.39, 0.29) is 6.61 Å².